The first-order valence-corrected chi connectivity index (χ1v) is 11.9. The fraction of sp³-hybridized carbons (Fsp3) is 0.304. The van der Waals surface area contributed by atoms with Crippen molar-refractivity contribution in [3.8, 4) is 0 Å². The standard InChI is InChI=1S/C23H18N2O6S/c26-19-15-3-1-2-4-16(15)20(27)18-10-14(7-8-17(18)19)32(30,31)25-21(28)23(24-22(25)29)11-12-5-6-13(23)9-12/h1-4,7-8,10,12-13H,5-6,9,11H2,(H,24,29)/t12-,13+,23?/m1/s1. The molecule has 3 fully saturated rings. The summed E-state index contributed by atoms with van der Waals surface area (Å²) in [5.74, 6) is -1.37. The third kappa shape index (κ3) is 2.29. The lowest BCUT2D eigenvalue weighted by molar-refractivity contribution is -0.129. The fourth-order valence-corrected chi connectivity index (χ4v) is 7.24. The molecule has 2 saturated carbocycles. The second-order valence-corrected chi connectivity index (χ2v) is 10.8. The van der Waals surface area contributed by atoms with Crippen LogP contribution in [0.3, 0.4) is 0 Å². The van der Waals surface area contributed by atoms with Crippen LogP contribution in [0.15, 0.2) is 47.4 Å². The number of sulfonamides is 1. The van der Waals surface area contributed by atoms with E-state index in [1.165, 1.54) is 18.2 Å². The number of hydrogen-bond donors (Lipinski definition) is 1. The molecule has 4 aliphatic rings. The minimum absolute atomic E-state index is 0.0588. The molecule has 2 aromatic carbocycles. The van der Waals surface area contributed by atoms with Crippen LogP contribution < -0.4 is 5.32 Å². The lowest BCUT2D eigenvalue weighted by Gasteiger charge is -2.30. The molecular formula is C23H18N2O6S. The first-order valence-electron chi connectivity index (χ1n) is 10.5. The third-order valence-electron chi connectivity index (χ3n) is 7.36. The van der Waals surface area contributed by atoms with Crippen LogP contribution in [0.4, 0.5) is 4.79 Å². The van der Waals surface area contributed by atoms with Gasteiger partial charge in [-0.15, -0.1) is 4.31 Å². The summed E-state index contributed by atoms with van der Waals surface area (Å²) < 4.78 is 27.0. The van der Waals surface area contributed by atoms with Crippen LogP contribution >= 0.6 is 0 Å². The second-order valence-electron chi connectivity index (χ2n) is 8.97. The number of imide groups is 1. The smallest absolute Gasteiger partial charge is 0.322 e. The molecule has 3 atom stereocenters. The first kappa shape index (κ1) is 19.4. The Hall–Kier alpha value is -3.33. The maximum atomic E-state index is 13.4. The van der Waals surface area contributed by atoms with Crippen LogP contribution in [-0.4, -0.2) is 41.8 Å². The Labute approximate surface area is 183 Å². The number of carbonyl (C=O) groups excluding carboxylic acids is 4. The fourth-order valence-electron chi connectivity index (χ4n) is 5.88. The number of urea groups is 1. The van der Waals surface area contributed by atoms with Gasteiger partial charge in [0.1, 0.15) is 5.54 Å². The number of nitrogens with zero attached hydrogens (tertiary/aromatic N) is 1. The van der Waals surface area contributed by atoms with Gasteiger partial charge in [-0.1, -0.05) is 24.3 Å². The minimum atomic E-state index is -4.56. The van der Waals surface area contributed by atoms with Gasteiger partial charge in [0.15, 0.2) is 11.6 Å². The van der Waals surface area contributed by atoms with Gasteiger partial charge in [0.05, 0.1) is 4.90 Å². The van der Waals surface area contributed by atoms with Crippen LogP contribution in [0.1, 0.15) is 57.5 Å². The van der Waals surface area contributed by atoms with Gasteiger partial charge >= 0.3 is 6.03 Å². The Morgan fingerprint density at radius 1 is 0.875 bits per heavy atom. The maximum absolute atomic E-state index is 13.4. The molecule has 3 amide bonds. The van der Waals surface area contributed by atoms with Gasteiger partial charge in [-0.25, -0.2) is 13.2 Å². The maximum Gasteiger partial charge on any atom is 0.339 e. The average molecular weight is 450 g/mol. The van der Waals surface area contributed by atoms with Crippen molar-refractivity contribution in [1.29, 1.82) is 0 Å². The van der Waals surface area contributed by atoms with Crippen molar-refractivity contribution in [2.75, 3.05) is 0 Å². The summed E-state index contributed by atoms with van der Waals surface area (Å²) in [5, 5.41) is 2.66. The number of nitrogens with one attached hydrogen (secondary N) is 1. The highest BCUT2D eigenvalue weighted by molar-refractivity contribution is 7.90. The summed E-state index contributed by atoms with van der Waals surface area (Å²) in [4.78, 5) is 51.3. The molecule has 1 saturated heterocycles. The van der Waals surface area contributed by atoms with Gasteiger partial charge < -0.3 is 5.32 Å². The number of ketones is 2. The Bertz CT molecular complexity index is 1380. The zero-order valence-electron chi connectivity index (χ0n) is 16.8. The Kier molecular flexibility index (Phi) is 3.71. The van der Waals surface area contributed by atoms with E-state index < -0.39 is 33.3 Å². The predicted molar refractivity (Wildman–Crippen MR) is 110 cm³/mol. The topological polar surface area (TPSA) is 118 Å². The zero-order chi connectivity index (χ0) is 22.4. The average Bonchev–Trinajstić information content (AvgIpc) is 3.45. The lowest BCUT2D eigenvalue weighted by atomic mass is 9.81. The van der Waals surface area contributed by atoms with Crippen molar-refractivity contribution in [2.24, 2.45) is 11.8 Å². The SMILES string of the molecule is O=C1c2ccccc2C(=O)c2cc(S(=O)(=O)N3C(=O)NC4(C[C@@H]5CC[C@H]4C5)C3=O)ccc21. The molecule has 32 heavy (non-hydrogen) atoms. The summed E-state index contributed by atoms with van der Waals surface area (Å²) in [6.07, 6.45) is 3.00. The number of hydrogen-bond acceptors (Lipinski definition) is 6. The van der Waals surface area contributed by atoms with Gasteiger partial charge in [0.25, 0.3) is 15.9 Å². The molecule has 0 aromatic heterocycles. The van der Waals surface area contributed by atoms with E-state index in [-0.39, 0.29) is 38.9 Å². The van der Waals surface area contributed by atoms with Crippen molar-refractivity contribution in [1.82, 2.24) is 9.62 Å². The van der Waals surface area contributed by atoms with E-state index in [2.05, 4.69) is 5.32 Å². The molecule has 2 bridgehead atoms. The quantitative estimate of drug-likeness (QED) is 0.599. The molecule has 1 heterocycles. The normalized spacial score (nSPS) is 28.3. The van der Waals surface area contributed by atoms with Gasteiger partial charge in [0, 0.05) is 22.3 Å². The van der Waals surface area contributed by atoms with Crippen molar-refractivity contribution in [3.05, 3.63) is 64.7 Å². The summed E-state index contributed by atoms with van der Waals surface area (Å²) in [7, 11) is -4.56. The summed E-state index contributed by atoms with van der Waals surface area (Å²) in [6.45, 7) is 0. The molecule has 1 N–H and O–H groups in total. The van der Waals surface area contributed by atoms with Gasteiger partial charge in [-0.3, -0.25) is 14.4 Å². The van der Waals surface area contributed by atoms with E-state index >= 15 is 0 Å². The van der Waals surface area contributed by atoms with E-state index in [0.717, 1.165) is 25.3 Å². The highest BCUT2D eigenvalue weighted by atomic mass is 32.2. The van der Waals surface area contributed by atoms with Crippen molar-refractivity contribution < 1.29 is 27.6 Å². The Morgan fingerprint density at radius 3 is 2.16 bits per heavy atom. The Balaban J connectivity index is 1.42. The van der Waals surface area contributed by atoms with Crippen LogP contribution in [-0.2, 0) is 14.8 Å². The molecule has 162 valence electrons. The molecule has 8 nitrogen and oxygen atoms in total. The molecule has 6 rings (SSSR count). The molecule has 1 spiro atoms. The van der Waals surface area contributed by atoms with Crippen molar-refractivity contribution in [3.63, 3.8) is 0 Å². The van der Waals surface area contributed by atoms with E-state index in [1.54, 1.807) is 18.2 Å². The lowest BCUT2D eigenvalue weighted by Crippen LogP contribution is -2.51. The first-order chi connectivity index (χ1) is 15.2. The monoisotopic (exact) mass is 450 g/mol. The van der Waals surface area contributed by atoms with E-state index in [1.807, 2.05) is 0 Å². The number of benzene rings is 2. The van der Waals surface area contributed by atoms with Gasteiger partial charge in [0.2, 0.25) is 0 Å². The van der Waals surface area contributed by atoms with Crippen LogP contribution in [0.25, 0.3) is 0 Å². The number of carbonyl (C=O) groups is 4. The van der Waals surface area contributed by atoms with E-state index in [4.69, 9.17) is 0 Å². The van der Waals surface area contributed by atoms with Gasteiger partial charge in [-0.05, 0) is 55.7 Å². The predicted octanol–water partition coefficient (Wildman–Crippen LogP) is 2.26. The molecule has 0 radical (unpaired) electrons. The third-order valence-corrected chi connectivity index (χ3v) is 9.03. The molecule has 3 aliphatic carbocycles. The highest BCUT2D eigenvalue weighted by Crippen LogP contribution is 2.53. The molecule has 1 aliphatic heterocycles. The molecule has 2 aromatic rings. The summed E-state index contributed by atoms with van der Waals surface area (Å²) in [5.41, 5.74) is -0.680. The van der Waals surface area contributed by atoms with E-state index in [0.29, 0.717) is 16.6 Å². The van der Waals surface area contributed by atoms with Crippen LogP contribution in [0, 0.1) is 11.8 Å². The summed E-state index contributed by atoms with van der Waals surface area (Å²) >= 11 is 0. The van der Waals surface area contributed by atoms with Crippen molar-refractivity contribution in [2.45, 2.75) is 36.1 Å². The van der Waals surface area contributed by atoms with Crippen molar-refractivity contribution >= 4 is 33.5 Å². The minimum Gasteiger partial charge on any atom is -0.322 e. The second kappa shape index (κ2) is 6.13. The summed E-state index contributed by atoms with van der Waals surface area (Å²) in [6, 6.07) is 8.89. The Morgan fingerprint density at radius 2 is 1.53 bits per heavy atom. The molecular weight excluding hydrogens is 432 g/mol. The molecule has 9 heteroatoms. The van der Waals surface area contributed by atoms with Crippen LogP contribution in [0.5, 0.6) is 0 Å². The largest absolute Gasteiger partial charge is 0.339 e. The number of rotatable bonds is 2. The number of fused-ring (bicyclic) bond motifs is 5. The van der Waals surface area contributed by atoms with Crippen LogP contribution in [0.2, 0.25) is 0 Å². The molecule has 1 unspecified atom stereocenters. The highest BCUT2D eigenvalue weighted by Gasteiger charge is 2.64. The van der Waals surface area contributed by atoms with E-state index in [9.17, 15) is 27.6 Å². The van der Waals surface area contributed by atoms with Gasteiger partial charge in [-0.2, -0.15) is 0 Å². The number of amides is 3. The zero-order valence-corrected chi connectivity index (χ0v) is 17.6.